The van der Waals surface area contributed by atoms with E-state index in [1.165, 1.54) is 71.1 Å². The first-order valence-electron chi connectivity index (χ1n) is 12.6. The summed E-state index contributed by atoms with van der Waals surface area (Å²) in [5, 5.41) is 18.6. The Morgan fingerprint density at radius 1 is 0.839 bits per heavy atom. The molecule has 1 aromatic rings. The third-order valence-electron chi connectivity index (χ3n) is 5.88. The summed E-state index contributed by atoms with van der Waals surface area (Å²) >= 11 is -2.15. The molecule has 0 saturated carbocycles. The Hall–Kier alpha value is -0.811. The zero-order valence-corrected chi connectivity index (χ0v) is 23.5. The van der Waals surface area contributed by atoms with Gasteiger partial charge < -0.3 is 5.11 Å². The van der Waals surface area contributed by atoms with Crippen molar-refractivity contribution in [2.75, 3.05) is 0 Å². The fourth-order valence-corrected chi connectivity index (χ4v) is 18.2. The molecule has 0 unspecified atom stereocenters. The van der Waals surface area contributed by atoms with Gasteiger partial charge in [-0.1, -0.05) is 18.2 Å². The topological polar surface area (TPSA) is 57.5 Å². The van der Waals surface area contributed by atoms with Crippen LogP contribution < -0.4 is 0 Å². The third-order valence-corrected chi connectivity index (χ3v) is 20.0. The molecule has 0 fully saturated rings. The Morgan fingerprint density at radius 3 is 1.71 bits per heavy atom. The number of carboxylic acids is 1. The van der Waals surface area contributed by atoms with Gasteiger partial charge >= 0.3 is 151 Å². The van der Waals surface area contributed by atoms with E-state index in [0.717, 1.165) is 6.42 Å². The molecule has 2 N–H and O–H groups in total. The Bertz CT molecular complexity index is 549. The van der Waals surface area contributed by atoms with E-state index in [9.17, 15) is 9.90 Å². The number of hydrogen-bond acceptors (Lipinski definition) is 2. The van der Waals surface area contributed by atoms with Crippen molar-refractivity contribution >= 4 is 24.3 Å². The van der Waals surface area contributed by atoms with Gasteiger partial charge in [-0.25, -0.2) is 4.79 Å². The molecule has 178 valence electrons. The third kappa shape index (κ3) is 15.6. The maximum atomic E-state index is 10.3. The molecule has 0 aromatic heterocycles. The summed E-state index contributed by atoms with van der Waals surface area (Å²) in [6.45, 7) is 9.18. The van der Waals surface area contributed by atoms with E-state index in [1.807, 2.05) is 0 Å². The minimum Gasteiger partial charge on any atom is -0.478 e. The van der Waals surface area contributed by atoms with Crippen LogP contribution in [0.15, 0.2) is 40.5 Å². The molecule has 3 nitrogen and oxygen atoms in total. The van der Waals surface area contributed by atoms with Crippen LogP contribution in [0.2, 0.25) is 13.3 Å². The summed E-state index contributed by atoms with van der Waals surface area (Å²) in [7, 11) is 0. The Morgan fingerprint density at radius 2 is 1.32 bits per heavy atom. The van der Waals surface area contributed by atoms with Crippen LogP contribution >= 0.6 is 0 Å². The molecule has 1 aromatic carbocycles. The monoisotopic (exact) mass is 540 g/mol. The van der Waals surface area contributed by atoms with Gasteiger partial charge in [-0.15, -0.1) is 0 Å². The van der Waals surface area contributed by atoms with Crippen molar-refractivity contribution in [3.05, 3.63) is 46.1 Å². The van der Waals surface area contributed by atoms with Crippen LogP contribution in [0.1, 0.15) is 102 Å². The van der Waals surface area contributed by atoms with Gasteiger partial charge in [-0.2, -0.15) is 0 Å². The van der Waals surface area contributed by atoms with Crippen LogP contribution in [-0.4, -0.2) is 40.7 Å². The van der Waals surface area contributed by atoms with Gasteiger partial charge in [0.1, 0.15) is 0 Å². The number of rotatable bonds is 16. The van der Waals surface area contributed by atoms with E-state index in [4.69, 9.17) is 5.11 Å². The van der Waals surface area contributed by atoms with Crippen LogP contribution in [0, 0.1) is 0 Å². The molecule has 0 aliphatic carbocycles. The number of aromatic carboxylic acids is 1. The van der Waals surface area contributed by atoms with E-state index in [1.54, 1.807) is 30.3 Å². The molecule has 0 spiro atoms. The van der Waals surface area contributed by atoms with Gasteiger partial charge in [0.15, 0.2) is 0 Å². The summed E-state index contributed by atoms with van der Waals surface area (Å²) in [5.41, 5.74) is 0.331. The molecule has 1 atom stereocenters. The number of hydrogen-bond donors (Lipinski definition) is 2. The summed E-state index contributed by atoms with van der Waals surface area (Å²) in [6, 6.07) is 8.30. The fraction of sp³-hybridized carbons (Fsp3) is 0.667. The van der Waals surface area contributed by atoms with Crippen LogP contribution in [0.4, 0.5) is 0 Å². The molecule has 0 aliphatic heterocycles. The molecule has 0 saturated heterocycles. The molecule has 4 heteroatoms. The van der Waals surface area contributed by atoms with E-state index >= 15 is 0 Å². The molecule has 0 amide bonds. The Kier molecular flexibility index (Phi) is 19.3. The number of aliphatic hydroxyl groups excluding tert-OH is 1. The second kappa shape index (κ2) is 19.8. The minimum atomic E-state index is -2.15. The van der Waals surface area contributed by atoms with Crippen molar-refractivity contribution < 1.29 is 15.0 Å². The number of carboxylic acid groups (broad SMARTS) is 1. The van der Waals surface area contributed by atoms with Gasteiger partial charge in [0, 0.05) is 0 Å². The Labute approximate surface area is 196 Å². The van der Waals surface area contributed by atoms with Gasteiger partial charge in [0.2, 0.25) is 0 Å². The van der Waals surface area contributed by atoms with E-state index in [-0.39, 0.29) is 6.10 Å². The minimum absolute atomic E-state index is 0.187. The smallest absolute Gasteiger partial charge is 0.335 e. The van der Waals surface area contributed by atoms with Crippen LogP contribution in [0.25, 0.3) is 0 Å². The SMILES string of the molecule is CCCCC[C@@H](O)C=[CH][Sn]([CH2]CCC)([CH2]CCC)[CH2]CCC.O=C(O)c1ccccc1. The van der Waals surface area contributed by atoms with Gasteiger partial charge in [-0.05, 0) is 12.1 Å². The Balaban J connectivity index is 0.000000823. The second-order valence-corrected chi connectivity index (χ2v) is 21.8. The first kappa shape index (κ1) is 30.2. The molecule has 0 heterocycles. The molecular formula is C27H48O3Sn. The maximum Gasteiger partial charge on any atom is 0.335 e. The maximum absolute atomic E-state index is 10.3. The molecule has 0 radical (unpaired) electrons. The summed E-state index contributed by atoms with van der Waals surface area (Å²) in [4.78, 5) is 10.2. The van der Waals surface area contributed by atoms with Crippen LogP contribution in [0.3, 0.4) is 0 Å². The first-order valence-corrected chi connectivity index (χ1v) is 20.3. The molecule has 0 aliphatic rings. The van der Waals surface area contributed by atoms with Gasteiger partial charge in [0.25, 0.3) is 0 Å². The van der Waals surface area contributed by atoms with Crippen molar-refractivity contribution in [1.29, 1.82) is 0 Å². The van der Waals surface area contributed by atoms with E-state index in [2.05, 4.69) is 37.9 Å². The van der Waals surface area contributed by atoms with Crippen LogP contribution in [-0.2, 0) is 0 Å². The second-order valence-electron chi connectivity index (χ2n) is 8.77. The largest absolute Gasteiger partial charge is 0.478 e. The van der Waals surface area contributed by atoms with E-state index < -0.39 is 24.3 Å². The zero-order chi connectivity index (χ0) is 23.4. The van der Waals surface area contributed by atoms with Crippen molar-refractivity contribution in [2.24, 2.45) is 0 Å². The van der Waals surface area contributed by atoms with Gasteiger partial charge in [0.05, 0.1) is 5.56 Å². The summed E-state index contributed by atoms with van der Waals surface area (Å²) in [5.74, 6) is -0.879. The average Bonchev–Trinajstić information content (AvgIpc) is 2.79. The quantitative estimate of drug-likeness (QED) is 0.164. The standard InChI is InChI=1S/C8H15O.C7H6O2.3C4H9.Sn/c1-3-5-6-7-8(9)4-2;8-7(9)6-4-2-1-3-5-6;3*1-3-4-2;/h2,4,8-9H,3,5-7H2,1H3;1-5H,(H,8,9);3*1,3-4H2,2H3;/t8-;;;;;/m0...../s1. The van der Waals surface area contributed by atoms with Crippen molar-refractivity contribution in [2.45, 2.75) is 111 Å². The number of unbranched alkanes of at least 4 members (excludes halogenated alkanes) is 5. The average molecular weight is 539 g/mol. The molecular weight excluding hydrogens is 491 g/mol. The normalized spacial score (nSPS) is 12.4. The molecule has 31 heavy (non-hydrogen) atoms. The predicted molar refractivity (Wildman–Crippen MR) is 138 cm³/mol. The van der Waals surface area contributed by atoms with Crippen LogP contribution in [0.5, 0.6) is 0 Å². The first-order chi connectivity index (χ1) is 14.9. The number of benzene rings is 1. The van der Waals surface area contributed by atoms with Gasteiger partial charge in [-0.3, -0.25) is 0 Å². The van der Waals surface area contributed by atoms with Crippen molar-refractivity contribution in [3.63, 3.8) is 0 Å². The fourth-order valence-electron chi connectivity index (χ4n) is 3.81. The number of carbonyl (C=O) groups is 1. The predicted octanol–water partition coefficient (Wildman–Crippen LogP) is 8.26. The van der Waals surface area contributed by atoms with E-state index in [0.29, 0.717) is 5.56 Å². The summed E-state index contributed by atoms with van der Waals surface area (Å²) in [6.07, 6.45) is 14.8. The number of aliphatic hydroxyl groups is 1. The zero-order valence-electron chi connectivity index (χ0n) is 20.6. The molecule has 0 bridgehead atoms. The molecule has 1 rings (SSSR count). The van der Waals surface area contributed by atoms with Crippen molar-refractivity contribution in [1.82, 2.24) is 0 Å². The summed E-state index contributed by atoms with van der Waals surface area (Å²) < 4.78 is 7.13. The van der Waals surface area contributed by atoms with Crippen molar-refractivity contribution in [3.8, 4) is 0 Å².